The first kappa shape index (κ1) is 16.0. The van der Waals surface area contributed by atoms with Gasteiger partial charge in [0.15, 0.2) is 6.29 Å². The smallest absolute Gasteiger partial charge is 0.270 e. The average molecular weight is 300 g/mol. The van der Waals surface area contributed by atoms with E-state index in [2.05, 4.69) is 4.98 Å². The summed E-state index contributed by atoms with van der Waals surface area (Å²) in [4.78, 5) is 27.4. The standard InChI is InChI=1S/C17H20N2O3/c1-3-19(17(22)15-9-8-14(11-20)18-15)10-16(21)13-6-4-12(2)5-7-13/h4-9,11,16,18,21H,3,10H2,1-2H3. The van der Waals surface area contributed by atoms with Crippen molar-refractivity contribution in [3.05, 3.63) is 58.9 Å². The number of benzene rings is 1. The Morgan fingerprint density at radius 2 is 1.95 bits per heavy atom. The highest BCUT2D eigenvalue weighted by molar-refractivity contribution is 5.93. The monoisotopic (exact) mass is 300 g/mol. The van der Waals surface area contributed by atoms with Gasteiger partial charge in [-0.1, -0.05) is 29.8 Å². The minimum absolute atomic E-state index is 0.202. The van der Waals surface area contributed by atoms with Gasteiger partial charge in [0.05, 0.1) is 18.3 Å². The maximum absolute atomic E-state index is 12.4. The Morgan fingerprint density at radius 3 is 2.50 bits per heavy atom. The van der Waals surface area contributed by atoms with Crippen LogP contribution in [0.15, 0.2) is 36.4 Å². The molecule has 0 saturated heterocycles. The van der Waals surface area contributed by atoms with Gasteiger partial charge in [0.1, 0.15) is 5.69 Å². The fourth-order valence-corrected chi connectivity index (χ4v) is 2.23. The van der Waals surface area contributed by atoms with Crippen molar-refractivity contribution in [3.63, 3.8) is 0 Å². The number of likely N-dealkylation sites (N-methyl/N-ethyl adjacent to an activating group) is 1. The Balaban J connectivity index is 2.09. The van der Waals surface area contributed by atoms with Gasteiger partial charge in [-0.05, 0) is 31.5 Å². The molecule has 5 nitrogen and oxygen atoms in total. The first-order chi connectivity index (χ1) is 10.5. The van der Waals surface area contributed by atoms with Crippen LogP contribution in [-0.2, 0) is 0 Å². The fraction of sp³-hybridized carbons (Fsp3) is 0.294. The largest absolute Gasteiger partial charge is 0.387 e. The van der Waals surface area contributed by atoms with Crippen molar-refractivity contribution in [2.45, 2.75) is 20.0 Å². The summed E-state index contributed by atoms with van der Waals surface area (Å²) in [5.74, 6) is -0.234. The molecule has 1 heterocycles. The second-order valence-electron chi connectivity index (χ2n) is 5.22. The molecule has 0 aliphatic heterocycles. The number of carbonyl (C=O) groups is 2. The van der Waals surface area contributed by atoms with E-state index in [-0.39, 0.29) is 12.5 Å². The number of aliphatic hydroxyl groups excluding tert-OH is 1. The van der Waals surface area contributed by atoms with Gasteiger partial charge >= 0.3 is 0 Å². The predicted molar refractivity (Wildman–Crippen MR) is 83.9 cm³/mol. The number of amides is 1. The lowest BCUT2D eigenvalue weighted by atomic mass is 10.1. The van der Waals surface area contributed by atoms with Gasteiger partial charge in [0.2, 0.25) is 0 Å². The summed E-state index contributed by atoms with van der Waals surface area (Å²) in [6.45, 7) is 4.50. The van der Waals surface area contributed by atoms with Crippen LogP contribution < -0.4 is 0 Å². The molecule has 1 unspecified atom stereocenters. The van der Waals surface area contributed by atoms with Crippen LogP contribution >= 0.6 is 0 Å². The van der Waals surface area contributed by atoms with Crippen LogP contribution in [0.5, 0.6) is 0 Å². The Bertz CT molecular complexity index is 646. The molecule has 0 bridgehead atoms. The molecule has 2 rings (SSSR count). The van der Waals surface area contributed by atoms with Crippen molar-refractivity contribution in [2.24, 2.45) is 0 Å². The first-order valence-electron chi connectivity index (χ1n) is 7.23. The summed E-state index contributed by atoms with van der Waals surface area (Å²) in [6.07, 6.45) is -0.0844. The number of rotatable bonds is 6. The third-order valence-electron chi connectivity index (χ3n) is 3.59. The van der Waals surface area contributed by atoms with Crippen molar-refractivity contribution in [2.75, 3.05) is 13.1 Å². The molecule has 0 aliphatic carbocycles. The second kappa shape index (κ2) is 7.04. The molecule has 1 aromatic carbocycles. The number of hydrogen-bond donors (Lipinski definition) is 2. The van der Waals surface area contributed by atoms with Crippen molar-refractivity contribution in [1.29, 1.82) is 0 Å². The Labute approximate surface area is 129 Å². The minimum atomic E-state index is -0.745. The third-order valence-corrected chi connectivity index (χ3v) is 3.59. The number of nitrogens with one attached hydrogen (secondary N) is 1. The number of aliphatic hydroxyl groups is 1. The molecule has 1 aromatic heterocycles. The molecule has 0 fully saturated rings. The van der Waals surface area contributed by atoms with Gasteiger partial charge in [-0.15, -0.1) is 0 Å². The molecule has 1 amide bonds. The number of H-pyrrole nitrogens is 1. The van der Waals surface area contributed by atoms with Crippen LogP contribution in [0.25, 0.3) is 0 Å². The molecule has 2 aromatic rings. The van der Waals surface area contributed by atoms with Crippen molar-refractivity contribution < 1.29 is 14.7 Å². The Hall–Kier alpha value is -2.40. The quantitative estimate of drug-likeness (QED) is 0.804. The van der Waals surface area contributed by atoms with Crippen LogP contribution in [-0.4, -0.2) is 40.3 Å². The Morgan fingerprint density at radius 1 is 1.27 bits per heavy atom. The molecule has 0 saturated carbocycles. The van der Waals surface area contributed by atoms with E-state index in [1.807, 2.05) is 38.1 Å². The van der Waals surface area contributed by atoms with Gasteiger partial charge in [-0.3, -0.25) is 9.59 Å². The molecule has 5 heteroatoms. The topological polar surface area (TPSA) is 73.4 Å². The number of aldehydes is 1. The van der Waals surface area contributed by atoms with E-state index < -0.39 is 6.10 Å². The lowest BCUT2D eigenvalue weighted by Crippen LogP contribution is -2.34. The predicted octanol–water partition coefficient (Wildman–Crippen LogP) is 2.33. The summed E-state index contributed by atoms with van der Waals surface area (Å²) in [6, 6.07) is 10.7. The highest BCUT2D eigenvalue weighted by Crippen LogP contribution is 2.16. The van der Waals surface area contributed by atoms with E-state index in [1.54, 1.807) is 17.0 Å². The summed E-state index contributed by atoms with van der Waals surface area (Å²) >= 11 is 0. The minimum Gasteiger partial charge on any atom is -0.387 e. The summed E-state index contributed by atoms with van der Waals surface area (Å²) in [5, 5.41) is 10.3. The van der Waals surface area contributed by atoms with E-state index in [4.69, 9.17) is 0 Å². The van der Waals surface area contributed by atoms with E-state index in [1.165, 1.54) is 0 Å². The van der Waals surface area contributed by atoms with Gasteiger partial charge in [0, 0.05) is 6.54 Å². The molecule has 116 valence electrons. The number of aromatic amines is 1. The number of aromatic nitrogens is 1. The fourth-order valence-electron chi connectivity index (χ4n) is 2.23. The van der Waals surface area contributed by atoms with E-state index in [0.717, 1.165) is 11.1 Å². The highest BCUT2D eigenvalue weighted by Gasteiger charge is 2.19. The van der Waals surface area contributed by atoms with Gasteiger partial charge < -0.3 is 15.0 Å². The summed E-state index contributed by atoms with van der Waals surface area (Å²) in [5.41, 5.74) is 2.60. The maximum atomic E-state index is 12.4. The van der Waals surface area contributed by atoms with Crippen molar-refractivity contribution in [1.82, 2.24) is 9.88 Å². The van der Waals surface area contributed by atoms with Crippen LogP contribution in [0.1, 0.15) is 45.1 Å². The maximum Gasteiger partial charge on any atom is 0.270 e. The second-order valence-corrected chi connectivity index (χ2v) is 5.22. The van der Waals surface area contributed by atoms with Crippen LogP contribution in [0, 0.1) is 6.92 Å². The molecular weight excluding hydrogens is 280 g/mol. The molecule has 0 spiro atoms. The number of aryl methyl sites for hydroxylation is 1. The zero-order chi connectivity index (χ0) is 16.1. The van der Waals surface area contributed by atoms with Gasteiger partial charge in [-0.2, -0.15) is 0 Å². The Kier molecular flexibility index (Phi) is 5.12. The number of nitrogens with zero attached hydrogens (tertiary/aromatic N) is 1. The van der Waals surface area contributed by atoms with Gasteiger partial charge in [-0.25, -0.2) is 0 Å². The first-order valence-corrected chi connectivity index (χ1v) is 7.23. The summed E-state index contributed by atoms with van der Waals surface area (Å²) < 4.78 is 0. The molecule has 2 N–H and O–H groups in total. The van der Waals surface area contributed by atoms with Crippen LogP contribution in [0.3, 0.4) is 0 Å². The normalized spacial score (nSPS) is 12.0. The lowest BCUT2D eigenvalue weighted by Gasteiger charge is -2.23. The zero-order valence-electron chi connectivity index (χ0n) is 12.7. The van der Waals surface area contributed by atoms with E-state index >= 15 is 0 Å². The van der Waals surface area contributed by atoms with Crippen LogP contribution in [0.4, 0.5) is 0 Å². The van der Waals surface area contributed by atoms with Crippen molar-refractivity contribution >= 4 is 12.2 Å². The van der Waals surface area contributed by atoms with E-state index in [0.29, 0.717) is 24.2 Å². The highest BCUT2D eigenvalue weighted by atomic mass is 16.3. The number of carbonyl (C=O) groups excluding carboxylic acids is 2. The molecular formula is C17H20N2O3. The SMILES string of the molecule is CCN(CC(O)c1ccc(C)cc1)C(=O)c1ccc(C=O)[nH]1. The molecule has 0 aliphatic rings. The molecule has 22 heavy (non-hydrogen) atoms. The van der Waals surface area contributed by atoms with E-state index in [9.17, 15) is 14.7 Å². The lowest BCUT2D eigenvalue weighted by molar-refractivity contribution is 0.0630. The zero-order valence-corrected chi connectivity index (χ0v) is 12.7. The summed E-state index contributed by atoms with van der Waals surface area (Å²) in [7, 11) is 0. The molecule has 0 radical (unpaired) electrons. The van der Waals surface area contributed by atoms with Gasteiger partial charge in [0.25, 0.3) is 5.91 Å². The molecule has 1 atom stereocenters. The van der Waals surface area contributed by atoms with Crippen molar-refractivity contribution in [3.8, 4) is 0 Å². The average Bonchev–Trinajstić information content (AvgIpc) is 3.01. The third kappa shape index (κ3) is 3.62. The van der Waals surface area contributed by atoms with Crippen LogP contribution in [0.2, 0.25) is 0 Å². The number of hydrogen-bond acceptors (Lipinski definition) is 3.